The van der Waals surface area contributed by atoms with E-state index in [1.54, 1.807) is 19.1 Å². The van der Waals surface area contributed by atoms with Gasteiger partial charge in [0, 0.05) is 42.5 Å². The molecule has 0 aromatic heterocycles. The van der Waals surface area contributed by atoms with E-state index >= 15 is 0 Å². The third kappa shape index (κ3) is 3.85. The first-order valence-electron chi connectivity index (χ1n) is 10.1. The van der Waals surface area contributed by atoms with Crippen LogP contribution in [0.1, 0.15) is 29.3 Å². The zero-order chi connectivity index (χ0) is 21.4. The number of carbonyl (C=O) groups excluding carboxylic acids is 3. The number of piperazine rings is 1. The van der Waals surface area contributed by atoms with Gasteiger partial charge in [0.1, 0.15) is 0 Å². The van der Waals surface area contributed by atoms with Crippen molar-refractivity contribution in [2.24, 2.45) is 0 Å². The molecule has 156 valence electrons. The van der Waals surface area contributed by atoms with Crippen LogP contribution < -0.4 is 9.80 Å². The maximum absolute atomic E-state index is 13.0. The average Bonchev–Trinajstić information content (AvgIpc) is 3.04. The monoisotopic (exact) mass is 425 g/mol. The van der Waals surface area contributed by atoms with Crippen molar-refractivity contribution in [1.29, 1.82) is 0 Å². The largest absolute Gasteiger partial charge is 0.369 e. The van der Waals surface area contributed by atoms with Crippen molar-refractivity contribution in [3.63, 3.8) is 0 Å². The van der Waals surface area contributed by atoms with Gasteiger partial charge in [0.25, 0.3) is 5.91 Å². The van der Waals surface area contributed by atoms with Crippen LogP contribution in [-0.4, -0.2) is 54.7 Å². The van der Waals surface area contributed by atoms with Crippen LogP contribution in [0.3, 0.4) is 0 Å². The molecular formula is C23H24ClN3O3. The number of ketones is 1. The Balaban J connectivity index is 1.42. The van der Waals surface area contributed by atoms with Gasteiger partial charge in [-0.3, -0.25) is 19.3 Å². The Morgan fingerprint density at radius 3 is 2.20 bits per heavy atom. The summed E-state index contributed by atoms with van der Waals surface area (Å²) in [5.74, 6) is -0.318. The number of nitrogens with zero attached hydrogens (tertiary/aromatic N) is 3. The van der Waals surface area contributed by atoms with Gasteiger partial charge in [0.15, 0.2) is 5.78 Å². The van der Waals surface area contributed by atoms with E-state index in [0.717, 1.165) is 24.3 Å². The molecule has 2 aliphatic rings. The molecule has 2 aromatic rings. The fourth-order valence-corrected chi connectivity index (χ4v) is 4.27. The van der Waals surface area contributed by atoms with E-state index in [2.05, 4.69) is 9.80 Å². The molecule has 0 radical (unpaired) electrons. The summed E-state index contributed by atoms with van der Waals surface area (Å²) in [5, 5.41) is 0.543. The Hall–Kier alpha value is -2.70. The van der Waals surface area contributed by atoms with E-state index in [1.165, 1.54) is 4.90 Å². The fraction of sp³-hybridized carbons (Fsp3) is 0.348. The topological polar surface area (TPSA) is 60.9 Å². The molecule has 2 fully saturated rings. The number of rotatable bonds is 4. The van der Waals surface area contributed by atoms with Crippen LogP contribution >= 0.6 is 11.6 Å². The first-order chi connectivity index (χ1) is 14.3. The Morgan fingerprint density at radius 1 is 0.967 bits per heavy atom. The van der Waals surface area contributed by atoms with Crippen molar-refractivity contribution in [3.05, 3.63) is 58.6 Å². The minimum Gasteiger partial charge on any atom is -0.369 e. The van der Waals surface area contributed by atoms with Crippen molar-refractivity contribution in [2.75, 3.05) is 36.0 Å². The van der Waals surface area contributed by atoms with Gasteiger partial charge in [-0.15, -0.1) is 0 Å². The predicted octanol–water partition coefficient (Wildman–Crippen LogP) is 3.31. The lowest BCUT2D eigenvalue weighted by atomic mass is 10.1. The molecule has 30 heavy (non-hydrogen) atoms. The number of hydrogen-bond donors (Lipinski definition) is 0. The molecule has 0 aliphatic carbocycles. The quantitative estimate of drug-likeness (QED) is 0.555. The number of anilines is 2. The zero-order valence-electron chi connectivity index (χ0n) is 17.1. The number of Topliss-reactive ketones (excluding diaryl/α,β-unsaturated/α-hetero) is 1. The molecule has 4 rings (SSSR count). The summed E-state index contributed by atoms with van der Waals surface area (Å²) in [6, 6.07) is 12.4. The summed E-state index contributed by atoms with van der Waals surface area (Å²) in [6.45, 7) is 6.35. The van der Waals surface area contributed by atoms with E-state index in [4.69, 9.17) is 11.6 Å². The first kappa shape index (κ1) is 20.6. The first-order valence-corrected chi connectivity index (χ1v) is 10.5. The van der Waals surface area contributed by atoms with Gasteiger partial charge in [-0.05, 0) is 55.8 Å². The number of imide groups is 1. The summed E-state index contributed by atoms with van der Waals surface area (Å²) in [4.78, 5) is 42.7. The highest BCUT2D eigenvalue weighted by Crippen LogP contribution is 2.30. The standard InChI is InChI=1S/C23H24ClN3O3/c1-15-3-6-19(13-20(15)24)27-22(29)14-21(23(27)30)26-11-9-25(10-12-26)18-7-4-17(5-8-18)16(2)28/h3-8,13,21H,9-12,14H2,1-2H3/t21-/m1/s1. The highest BCUT2D eigenvalue weighted by Gasteiger charge is 2.43. The second kappa shape index (κ2) is 8.20. The van der Waals surface area contributed by atoms with Crippen LogP contribution in [0.15, 0.2) is 42.5 Å². The molecule has 0 bridgehead atoms. The number of benzene rings is 2. The average molecular weight is 426 g/mol. The molecule has 2 saturated heterocycles. The molecule has 0 unspecified atom stereocenters. The van der Waals surface area contributed by atoms with Crippen LogP contribution in [0, 0.1) is 6.92 Å². The second-order valence-corrected chi connectivity index (χ2v) is 8.25. The maximum atomic E-state index is 13.0. The summed E-state index contributed by atoms with van der Waals surface area (Å²) >= 11 is 6.19. The Labute approximate surface area is 181 Å². The molecule has 2 aromatic carbocycles. The van der Waals surface area contributed by atoms with E-state index in [9.17, 15) is 14.4 Å². The van der Waals surface area contributed by atoms with Gasteiger partial charge in [-0.25, -0.2) is 4.90 Å². The van der Waals surface area contributed by atoms with Gasteiger partial charge in [-0.1, -0.05) is 17.7 Å². The van der Waals surface area contributed by atoms with Crippen LogP contribution in [0.5, 0.6) is 0 Å². The second-order valence-electron chi connectivity index (χ2n) is 7.85. The predicted molar refractivity (Wildman–Crippen MR) is 117 cm³/mol. The summed E-state index contributed by atoms with van der Waals surface area (Å²) in [6.07, 6.45) is 0.192. The lowest BCUT2D eigenvalue weighted by Gasteiger charge is -2.38. The van der Waals surface area contributed by atoms with Crippen LogP contribution in [-0.2, 0) is 9.59 Å². The SMILES string of the molecule is CC(=O)c1ccc(N2CCN([C@@H]3CC(=O)N(c4ccc(C)c(Cl)c4)C3=O)CC2)cc1. The molecule has 0 saturated carbocycles. The summed E-state index contributed by atoms with van der Waals surface area (Å²) in [5.41, 5.74) is 3.20. The molecule has 7 heteroatoms. The third-order valence-electron chi connectivity index (χ3n) is 5.93. The maximum Gasteiger partial charge on any atom is 0.251 e. The number of aryl methyl sites for hydroxylation is 1. The minimum absolute atomic E-state index is 0.0511. The Bertz CT molecular complexity index is 997. The smallest absolute Gasteiger partial charge is 0.251 e. The molecule has 0 spiro atoms. The number of amides is 2. The van der Waals surface area contributed by atoms with Gasteiger partial charge in [0.05, 0.1) is 18.2 Å². The normalized spacial score (nSPS) is 20.2. The Kier molecular flexibility index (Phi) is 5.62. The van der Waals surface area contributed by atoms with E-state index in [1.807, 2.05) is 37.3 Å². The van der Waals surface area contributed by atoms with Crippen molar-refractivity contribution in [3.8, 4) is 0 Å². The molecule has 2 amide bonds. The summed E-state index contributed by atoms with van der Waals surface area (Å²) < 4.78 is 0. The van der Waals surface area contributed by atoms with Gasteiger partial charge in [0.2, 0.25) is 5.91 Å². The number of carbonyl (C=O) groups is 3. The lowest BCUT2D eigenvalue weighted by molar-refractivity contribution is -0.123. The number of halogens is 1. The van der Waals surface area contributed by atoms with Gasteiger partial charge in [-0.2, -0.15) is 0 Å². The highest BCUT2D eigenvalue weighted by atomic mass is 35.5. The third-order valence-corrected chi connectivity index (χ3v) is 6.34. The van der Waals surface area contributed by atoms with Crippen LogP contribution in [0.25, 0.3) is 0 Å². The van der Waals surface area contributed by atoms with Gasteiger partial charge < -0.3 is 4.90 Å². The molecule has 6 nitrogen and oxygen atoms in total. The van der Waals surface area contributed by atoms with Crippen LogP contribution in [0.4, 0.5) is 11.4 Å². The fourth-order valence-electron chi connectivity index (χ4n) is 4.09. The zero-order valence-corrected chi connectivity index (χ0v) is 17.9. The van der Waals surface area contributed by atoms with Crippen molar-refractivity contribution in [1.82, 2.24) is 4.90 Å². The van der Waals surface area contributed by atoms with E-state index < -0.39 is 6.04 Å². The van der Waals surface area contributed by atoms with Crippen molar-refractivity contribution in [2.45, 2.75) is 26.3 Å². The van der Waals surface area contributed by atoms with Crippen molar-refractivity contribution >= 4 is 40.6 Å². The van der Waals surface area contributed by atoms with E-state index in [-0.39, 0.29) is 24.0 Å². The Morgan fingerprint density at radius 2 is 1.60 bits per heavy atom. The molecule has 0 N–H and O–H groups in total. The minimum atomic E-state index is -0.431. The van der Waals surface area contributed by atoms with Gasteiger partial charge >= 0.3 is 0 Å². The molecule has 2 aliphatic heterocycles. The molecule has 1 atom stereocenters. The molecular weight excluding hydrogens is 402 g/mol. The molecule has 2 heterocycles. The van der Waals surface area contributed by atoms with E-state index in [0.29, 0.717) is 29.4 Å². The highest BCUT2D eigenvalue weighted by molar-refractivity contribution is 6.32. The lowest BCUT2D eigenvalue weighted by Crippen LogP contribution is -2.52. The van der Waals surface area contributed by atoms with Crippen LogP contribution in [0.2, 0.25) is 5.02 Å². The van der Waals surface area contributed by atoms with Crippen molar-refractivity contribution < 1.29 is 14.4 Å². The number of hydrogen-bond acceptors (Lipinski definition) is 5. The summed E-state index contributed by atoms with van der Waals surface area (Å²) in [7, 11) is 0.